The van der Waals surface area contributed by atoms with Crippen molar-refractivity contribution >= 4 is 51.1 Å². The van der Waals surface area contributed by atoms with E-state index in [1.807, 2.05) is 20.2 Å². The van der Waals surface area contributed by atoms with Gasteiger partial charge in [-0.25, -0.2) is 9.37 Å². The summed E-state index contributed by atoms with van der Waals surface area (Å²) < 4.78 is 24.9. The van der Waals surface area contributed by atoms with Crippen molar-refractivity contribution in [1.29, 1.82) is 0 Å². The second-order valence-corrected chi connectivity index (χ2v) is 8.21. The number of hydrogen-bond donors (Lipinski definition) is 0. The third-order valence-corrected chi connectivity index (χ3v) is 5.69. The molecular weight excluding hydrogens is 453 g/mol. The molecule has 0 atom stereocenters. The normalized spacial score (nSPS) is 11.1. The first-order valence-corrected chi connectivity index (χ1v) is 10.7. The lowest BCUT2D eigenvalue weighted by atomic mass is 10.2. The van der Waals surface area contributed by atoms with Crippen molar-refractivity contribution in [1.82, 2.24) is 9.88 Å². The number of aromatic nitrogens is 1. The van der Waals surface area contributed by atoms with Gasteiger partial charge in [0.1, 0.15) is 5.82 Å². The maximum absolute atomic E-state index is 13.6. The highest BCUT2D eigenvalue weighted by atomic mass is 35.5. The maximum Gasteiger partial charge on any atom is 0.252 e. The van der Waals surface area contributed by atoms with Crippen LogP contribution in [0.2, 0.25) is 0 Å². The molecule has 1 amide bonds. The zero-order valence-corrected chi connectivity index (χ0v) is 20.1. The summed E-state index contributed by atoms with van der Waals surface area (Å²) in [6, 6.07) is 9.90. The lowest BCUT2D eigenvalue weighted by Crippen LogP contribution is -2.32. The number of fused-ring (bicyclic) bond motifs is 1. The van der Waals surface area contributed by atoms with E-state index in [0.717, 1.165) is 18.5 Å². The Hall–Kier alpha value is -2.68. The summed E-state index contributed by atoms with van der Waals surface area (Å²) in [5, 5.41) is 0.557. The van der Waals surface area contributed by atoms with Crippen LogP contribution in [0.4, 0.5) is 9.52 Å². The van der Waals surface area contributed by atoms with Crippen molar-refractivity contribution in [2.45, 2.75) is 6.42 Å². The van der Waals surface area contributed by atoms with Crippen LogP contribution in [0.1, 0.15) is 12.0 Å². The molecule has 0 spiro atoms. The Morgan fingerprint density at radius 2 is 1.84 bits per heavy atom. The standard InChI is InChI=1S/C23H26FN3O3S.ClH/c1-26(2)12-5-13-27(23-25-18-9-8-17(24)15-21(18)31-23)22(28)11-7-16-6-10-19(29-3)20(14-16)30-4;/h6-11,14-15H,5,12-13H2,1-4H3;1H. The maximum atomic E-state index is 13.6. The smallest absolute Gasteiger partial charge is 0.252 e. The first kappa shape index (κ1) is 25.6. The highest BCUT2D eigenvalue weighted by molar-refractivity contribution is 7.22. The van der Waals surface area contributed by atoms with Crippen molar-refractivity contribution in [3.05, 3.63) is 53.9 Å². The number of rotatable bonds is 9. The molecule has 3 rings (SSSR count). The van der Waals surface area contributed by atoms with Crippen molar-refractivity contribution in [2.24, 2.45) is 0 Å². The van der Waals surface area contributed by atoms with Crippen LogP contribution in [0.5, 0.6) is 11.5 Å². The van der Waals surface area contributed by atoms with E-state index in [4.69, 9.17) is 9.47 Å². The van der Waals surface area contributed by atoms with Gasteiger partial charge in [-0.1, -0.05) is 17.4 Å². The third kappa shape index (κ3) is 6.41. The molecule has 6 nitrogen and oxygen atoms in total. The number of halogens is 2. The van der Waals surface area contributed by atoms with Gasteiger partial charge in [-0.15, -0.1) is 12.4 Å². The minimum atomic E-state index is -0.318. The van der Waals surface area contributed by atoms with E-state index in [-0.39, 0.29) is 24.1 Å². The summed E-state index contributed by atoms with van der Waals surface area (Å²) in [4.78, 5) is 21.3. The molecule has 1 heterocycles. The summed E-state index contributed by atoms with van der Waals surface area (Å²) in [5.74, 6) is 0.709. The summed E-state index contributed by atoms with van der Waals surface area (Å²) >= 11 is 1.31. The van der Waals surface area contributed by atoms with Crippen LogP contribution in [0.3, 0.4) is 0 Å². The lowest BCUT2D eigenvalue weighted by Gasteiger charge is -2.19. The first-order chi connectivity index (χ1) is 14.9. The summed E-state index contributed by atoms with van der Waals surface area (Å²) in [6.07, 6.45) is 4.03. The molecule has 9 heteroatoms. The molecule has 32 heavy (non-hydrogen) atoms. The average molecular weight is 480 g/mol. The highest BCUT2D eigenvalue weighted by Gasteiger charge is 2.18. The van der Waals surface area contributed by atoms with E-state index in [2.05, 4.69) is 9.88 Å². The molecule has 0 N–H and O–H groups in total. The number of anilines is 1. The van der Waals surface area contributed by atoms with E-state index in [1.54, 1.807) is 43.4 Å². The first-order valence-electron chi connectivity index (χ1n) is 9.83. The molecule has 0 saturated carbocycles. The van der Waals surface area contributed by atoms with E-state index in [1.165, 1.54) is 29.5 Å². The lowest BCUT2D eigenvalue weighted by molar-refractivity contribution is -0.114. The third-order valence-electron chi connectivity index (χ3n) is 4.65. The Kier molecular flexibility index (Phi) is 9.43. The number of amides is 1. The Balaban J connectivity index is 0.00000363. The van der Waals surface area contributed by atoms with Gasteiger partial charge in [-0.3, -0.25) is 9.69 Å². The number of carbonyl (C=O) groups is 1. The summed E-state index contributed by atoms with van der Waals surface area (Å²) in [5.41, 5.74) is 1.49. The van der Waals surface area contributed by atoms with Crippen LogP contribution in [0, 0.1) is 5.82 Å². The summed E-state index contributed by atoms with van der Waals surface area (Å²) in [7, 11) is 7.12. The zero-order chi connectivity index (χ0) is 22.4. The molecule has 0 aliphatic carbocycles. The average Bonchev–Trinajstić information content (AvgIpc) is 3.17. The monoisotopic (exact) mass is 479 g/mol. The fourth-order valence-electron chi connectivity index (χ4n) is 3.06. The van der Waals surface area contributed by atoms with Gasteiger partial charge in [0.2, 0.25) is 0 Å². The number of thiazole rings is 1. The Labute approximate surface area is 197 Å². The molecule has 0 aliphatic heterocycles. The minimum Gasteiger partial charge on any atom is -0.493 e. The molecule has 2 aromatic carbocycles. The van der Waals surface area contributed by atoms with Gasteiger partial charge in [0.15, 0.2) is 16.6 Å². The van der Waals surface area contributed by atoms with E-state index in [9.17, 15) is 9.18 Å². The molecule has 1 aromatic heterocycles. The number of ether oxygens (including phenoxy) is 2. The van der Waals surface area contributed by atoms with Crippen molar-refractivity contribution in [3.63, 3.8) is 0 Å². The van der Waals surface area contributed by atoms with Gasteiger partial charge in [-0.05, 0) is 69.0 Å². The Bertz CT molecular complexity index is 1090. The predicted octanol–water partition coefficient (Wildman–Crippen LogP) is 4.87. The molecule has 0 fully saturated rings. The molecular formula is C23H27ClFN3O3S. The van der Waals surface area contributed by atoms with Crippen LogP contribution in [-0.2, 0) is 4.79 Å². The molecule has 0 unspecified atom stereocenters. The van der Waals surface area contributed by atoms with Crippen molar-refractivity contribution in [3.8, 4) is 11.5 Å². The summed E-state index contributed by atoms with van der Waals surface area (Å²) in [6.45, 7) is 1.35. The Morgan fingerprint density at radius 1 is 1.09 bits per heavy atom. The van der Waals surface area contributed by atoms with Crippen LogP contribution in [0.25, 0.3) is 16.3 Å². The number of carbonyl (C=O) groups excluding carboxylic acids is 1. The van der Waals surface area contributed by atoms with E-state index < -0.39 is 0 Å². The largest absolute Gasteiger partial charge is 0.493 e. The zero-order valence-electron chi connectivity index (χ0n) is 18.5. The molecule has 0 radical (unpaired) electrons. The molecule has 0 bridgehead atoms. The molecule has 3 aromatic rings. The van der Waals surface area contributed by atoms with Crippen LogP contribution < -0.4 is 14.4 Å². The van der Waals surface area contributed by atoms with Crippen LogP contribution in [0.15, 0.2) is 42.5 Å². The van der Waals surface area contributed by atoms with E-state index in [0.29, 0.717) is 33.4 Å². The Morgan fingerprint density at radius 3 is 2.53 bits per heavy atom. The molecule has 172 valence electrons. The molecule has 0 saturated heterocycles. The van der Waals surface area contributed by atoms with Gasteiger partial charge in [0.25, 0.3) is 5.91 Å². The van der Waals surface area contributed by atoms with Crippen LogP contribution in [-0.4, -0.2) is 57.2 Å². The van der Waals surface area contributed by atoms with Gasteiger partial charge in [-0.2, -0.15) is 0 Å². The minimum absolute atomic E-state index is 0. The fourth-order valence-corrected chi connectivity index (χ4v) is 4.08. The number of nitrogens with zero attached hydrogens (tertiary/aromatic N) is 3. The fraction of sp³-hybridized carbons (Fsp3) is 0.304. The number of benzene rings is 2. The van der Waals surface area contributed by atoms with E-state index >= 15 is 0 Å². The highest BCUT2D eigenvalue weighted by Crippen LogP contribution is 2.30. The van der Waals surface area contributed by atoms with Gasteiger partial charge in [0, 0.05) is 12.6 Å². The van der Waals surface area contributed by atoms with Gasteiger partial charge < -0.3 is 14.4 Å². The van der Waals surface area contributed by atoms with Gasteiger partial charge >= 0.3 is 0 Å². The number of hydrogen-bond acceptors (Lipinski definition) is 6. The predicted molar refractivity (Wildman–Crippen MR) is 131 cm³/mol. The van der Waals surface area contributed by atoms with Crippen molar-refractivity contribution in [2.75, 3.05) is 46.3 Å². The SMILES string of the molecule is COc1ccc(C=CC(=O)N(CCCN(C)C)c2nc3ccc(F)cc3s2)cc1OC.Cl. The topological polar surface area (TPSA) is 54.9 Å². The van der Waals surface area contributed by atoms with Crippen molar-refractivity contribution < 1.29 is 18.7 Å². The van der Waals surface area contributed by atoms with Crippen LogP contribution >= 0.6 is 23.7 Å². The van der Waals surface area contributed by atoms with Gasteiger partial charge in [0.05, 0.1) is 24.4 Å². The second-order valence-electron chi connectivity index (χ2n) is 7.20. The second kappa shape index (κ2) is 11.8. The quantitative estimate of drug-likeness (QED) is 0.410. The molecule has 0 aliphatic rings. The number of methoxy groups -OCH3 is 2.